The minimum Gasteiger partial charge on any atom is -0.497 e. The van der Waals surface area contributed by atoms with Gasteiger partial charge in [0.25, 0.3) is 11.8 Å². The number of rotatable bonds is 6. The van der Waals surface area contributed by atoms with Crippen LogP contribution in [0.5, 0.6) is 5.75 Å². The highest BCUT2D eigenvalue weighted by molar-refractivity contribution is 6.04. The van der Waals surface area contributed by atoms with Crippen LogP contribution in [0.15, 0.2) is 60.9 Å². The Kier molecular flexibility index (Phi) is 6.12. The Morgan fingerprint density at radius 3 is 2.59 bits per heavy atom. The zero-order valence-corrected chi connectivity index (χ0v) is 15.5. The third-order valence-corrected chi connectivity index (χ3v) is 4.01. The van der Waals surface area contributed by atoms with E-state index in [-0.39, 0.29) is 24.0 Å². The summed E-state index contributed by atoms with van der Waals surface area (Å²) in [6, 6.07) is 17.0. The van der Waals surface area contributed by atoms with Crippen LogP contribution in [0.1, 0.15) is 32.0 Å². The molecule has 2 aromatic carbocycles. The lowest BCUT2D eigenvalue weighted by Crippen LogP contribution is -2.24. The van der Waals surface area contributed by atoms with E-state index in [2.05, 4.69) is 20.6 Å². The molecule has 144 valence electrons. The van der Waals surface area contributed by atoms with Crippen molar-refractivity contribution in [2.75, 3.05) is 12.4 Å². The van der Waals surface area contributed by atoms with Crippen molar-refractivity contribution >= 4 is 17.6 Å². The second-order valence-corrected chi connectivity index (χ2v) is 5.97. The van der Waals surface area contributed by atoms with Gasteiger partial charge in [-0.25, -0.2) is 9.97 Å². The number of nitrogens with one attached hydrogen (secondary N) is 2. The van der Waals surface area contributed by atoms with Gasteiger partial charge < -0.3 is 15.4 Å². The Balaban J connectivity index is 1.64. The topological polar surface area (TPSA) is 117 Å². The maximum atomic E-state index is 12.4. The Morgan fingerprint density at radius 1 is 1.07 bits per heavy atom. The summed E-state index contributed by atoms with van der Waals surface area (Å²) in [4.78, 5) is 32.7. The summed E-state index contributed by atoms with van der Waals surface area (Å²) in [5.74, 6) is -0.0280. The first-order valence-corrected chi connectivity index (χ1v) is 8.64. The van der Waals surface area contributed by atoms with E-state index < -0.39 is 5.91 Å². The largest absolute Gasteiger partial charge is 0.497 e. The van der Waals surface area contributed by atoms with Gasteiger partial charge in [-0.2, -0.15) is 5.26 Å². The summed E-state index contributed by atoms with van der Waals surface area (Å²) in [5, 5.41) is 14.2. The van der Waals surface area contributed by atoms with E-state index in [1.165, 1.54) is 19.5 Å². The average Bonchev–Trinajstić information content (AvgIpc) is 2.78. The van der Waals surface area contributed by atoms with E-state index in [9.17, 15) is 9.59 Å². The number of aromatic nitrogens is 2. The van der Waals surface area contributed by atoms with Crippen molar-refractivity contribution < 1.29 is 14.3 Å². The van der Waals surface area contributed by atoms with Gasteiger partial charge >= 0.3 is 0 Å². The Labute approximate surface area is 167 Å². The van der Waals surface area contributed by atoms with Gasteiger partial charge in [-0.1, -0.05) is 18.2 Å². The van der Waals surface area contributed by atoms with E-state index in [1.807, 2.05) is 6.07 Å². The van der Waals surface area contributed by atoms with E-state index in [0.29, 0.717) is 16.9 Å². The van der Waals surface area contributed by atoms with Crippen molar-refractivity contribution in [2.24, 2.45) is 0 Å². The van der Waals surface area contributed by atoms with Crippen LogP contribution in [0.2, 0.25) is 0 Å². The molecule has 0 aliphatic rings. The Bertz CT molecular complexity index is 1070. The lowest BCUT2D eigenvalue weighted by molar-refractivity contribution is 0.0944. The zero-order valence-electron chi connectivity index (χ0n) is 15.5. The van der Waals surface area contributed by atoms with Gasteiger partial charge in [0, 0.05) is 18.2 Å². The third kappa shape index (κ3) is 5.14. The molecule has 8 nitrogen and oxygen atoms in total. The quantitative estimate of drug-likeness (QED) is 0.671. The molecule has 2 amide bonds. The standard InChI is InChI=1S/C21H17N5O3/c1-29-17-4-2-3-16(9-17)20(27)26-19-10-18(24-13-25-19)21(28)23-12-15-7-5-14(11-22)6-8-15/h2-10,13H,12H2,1H3,(H,23,28)(H,24,25,26,27). The number of hydrogen-bond acceptors (Lipinski definition) is 6. The molecule has 0 aliphatic carbocycles. The van der Waals surface area contributed by atoms with Crippen LogP contribution in [-0.4, -0.2) is 28.9 Å². The molecular weight excluding hydrogens is 370 g/mol. The van der Waals surface area contributed by atoms with Crippen molar-refractivity contribution in [1.82, 2.24) is 15.3 Å². The summed E-state index contributed by atoms with van der Waals surface area (Å²) in [5.41, 5.74) is 1.91. The summed E-state index contributed by atoms with van der Waals surface area (Å²) >= 11 is 0. The Hall–Kier alpha value is -4.25. The van der Waals surface area contributed by atoms with Crippen LogP contribution in [0.3, 0.4) is 0 Å². The number of anilines is 1. The molecule has 8 heteroatoms. The van der Waals surface area contributed by atoms with Gasteiger partial charge in [-0.3, -0.25) is 9.59 Å². The van der Waals surface area contributed by atoms with E-state index in [0.717, 1.165) is 5.56 Å². The molecule has 29 heavy (non-hydrogen) atoms. The van der Waals surface area contributed by atoms with Crippen LogP contribution in [0, 0.1) is 11.3 Å². The maximum Gasteiger partial charge on any atom is 0.270 e. The number of carbonyl (C=O) groups is 2. The zero-order chi connectivity index (χ0) is 20.6. The highest BCUT2D eigenvalue weighted by atomic mass is 16.5. The van der Waals surface area contributed by atoms with Gasteiger partial charge in [0.15, 0.2) is 0 Å². The molecule has 0 fully saturated rings. The first kappa shape index (κ1) is 19.5. The number of carbonyl (C=O) groups excluding carboxylic acids is 2. The normalized spacial score (nSPS) is 9.93. The number of amides is 2. The molecule has 1 heterocycles. The molecular formula is C21H17N5O3. The fourth-order valence-corrected chi connectivity index (χ4v) is 2.47. The number of nitriles is 1. The number of benzene rings is 2. The molecule has 0 radical (unpaired) electrons. The van der Waals surface area contributed by atoms with Crippen molar-refractivity contribution in [3.63, 3.8) is 0 Å². The molecule has 0 saturated carbocycles. The minimum absolute atomic E-state index is 0.120. The number of methoxy groups -OCH3 is 1. The summed E-state index contributed by atoms with van der Waals surface area (Å²) in [6.07, 6.45) is 1.21. The van der Waals surface area contributed by atoms with Crippen molar-refractivity contribution in [3.8, 4) is 11.8 Å². The second kappa shape index (κ2) is 9.10. The number of hydrogen-bond donors (Lipinski definition) is 2. The van der Waals surface area contributed by atoms with Gasteiger partial charge in [0.05, 0.1) is 18.7 Å². The number of nitrogens with zero attached hydrogens (tertiary/aromatic N) is 3. The van der Waals surface area contributed by atoms with Crippen LogP contribution >= 0.6 is 0 Å². The third-order valence-electron chi connectivity index (χ3n) is 4.01. The molecule has 0 saturated heterocycles. The molecule has 0 aliphatic heterocycles. The highest BCUT2D eigenvalue weighted by Gasteiger charge is 2.12. The van der Waals surface area contributed by atoms with Gasteiger partial charge in [0.1, 0.15) is 23.6 Å². The molecule has 3 rings (SSSR count). The SMILES string of the molecule is COc1cccc(C(=O)Nc2cc(C(=O)NCc3ccc(C#N)cc3)ncn2)c1. The van der Waals surface area contributed by atoms with E-state index in [4.69, 9.17) is 10.00 Å². The molecule has 2 N–H and O–H groups in total. The van der Waals surface area contributed by atoms with E-state index >= 15 is 0 Å². The minimum atomic E-state index is -0.409. The smallest absolute Gasteiger partial charge is 0.270 e. The number of ether oxygens (including phenoxy) is 1. The van der Waals surface area contributed by atoms with Gasteiger partial charge in [-0.15, -0.1) is 0 Å². The fourth-order valence-electron chi connectivity index (χ4n) is 2.47. The van der Waals surface area contributed by atoms with E-state index in [1.54, 1.807) is 48.5 Å². The molecule has 0 bridgehead atoms. The summed E-state index contributed by atoms with van der Waals surface area (Å²) < 4.78 is 5.11. The molecule has 1 aromatic heterocycles. The molecule has 0 spiro atoms. The predicted octanol–water partition coefficient (Wildman–Crippen LogP) is 2.54. The van der Waals surface area contributed by atoms with Crippen LogP contribution < -0.4 is 15.4 Å². The predicted molar refractivity (Wildman–Crippen MR) is 105 cm³/mol. The molecule has 3 aromatic rings. The van der Waals surface area contributed by atoms with Gasteiger partial charge in [-0.05, 0) is 35.9 Å². The second-order valence-electron chi connectivity index (χ2n) is 5.97. The first-order chi connectivity index (χ1) is 14.1. The van der Waals surface area contributed by atoms with Gasteiger partial charge in [0.2, 0.25) is 0 Å². The monoisotopic (exact) mass is 387 g/mol. The van der Waals surface area contributed by atoms with Crippen LogP contribution in [-0.2, 0) is 6.54 Å². The molecule has 0 unspecified atom stereocenters. The van der Waals surface area contributed by atoms with Crippen molar-refractivity contribution in [1.29, 1.82) is 5.26 Å². The maximum absolute atomic E-state index is 12.4. The first-order valence-electron chi connectivity index (χ1n) is 8.64. The lowest BCUT2D eigenvalue weighted by atomic mass is 10.1. The van der Waals surface area contributed by atoms with Crippen molar-refractivity contribution in [3.05, 3.63) is 83.3 Å². The van der Waals surface area contributed by atoms with Crippen LogP contribution in [0.4, 0.5) is 5.82 Å². The highest BCUT2D eigenvalue weighted by Crippen LogP contribution is 2.14. The lowest BCUT2D eigenvalue weighted by Gasteiger charge is -2.08. The summed E-state index contributed by atoms with van der Waals surface area (Å²) in [6.45, 7) is 0.278. The fraction of sp³-hybridized carbons (Fsp3) is 0.0952. The molecule has 0 atom stereocenters. The Morgan fingerprint density at radius 2 is 1.86 bits per heavy atom. The van der Waals surface area contributed by atoms with Crippen LogP contribution in [0.25, 0.3) is 0 Å². The average molecular weight is 387 g/mol. The summed E-state index contributed by atoms with van der Waals surface area (Å²) in [7, 11) is 1.52. The van der Waals surface area contributed by atoms with Crippen molar-refractivity contribution in [2.45, 2.75) is 6.54 Å².